The predicted molar refractivity (Wildman–Crippen MR) is 90.5 cm³/mol. The number of nitrogens with one attached hydrogen (secondary N) is 1. The summed E-state index contributed by atoms with van der Waals surface area (Å²) < 4.78 is 23.1. The summed E-state index contributed by atoms with van der Waals surface area (Å²) in [6.07, 6.45) is 1.33. The summed E-state index contributed by atoms with van der Waals surface area (Å²) >= 11 is 0. The molecule has 26 heavy (non-hydrogen) atoms. The van der Waals surface area contributed by atoms with Crippen LogP contribution >= 0.6 is 0 Å². The Kier molecular flexibility index (Phi) is 4.50. The van der Waals surface area contributed by atoms with Gasteiger partial charge in [-0.1, -0.05) is 12.1 Å². The molecule has 2 N–H and O–H groups in total. The molecule has 1 aliphatic heterocycles. The molecule has 3 rings (SSSR count). The molecule has 2 heterocycles. The first-order valence-corrected chi connectivity index (χ1v) is 9.55. The molecule has 0 spiro atoms. The van der Waals surface area contributed by atoms with Gasteiger partial charge in [0.25, 0.3) is 5.56 Å². The largest absolute Gasteiger partial charge is 0.502 e. The summed E-state index contributed by atoms with van der Waals surface area (Å²) in [5, 5.41) is 20.6. The van der Waals surface area contributed by atoms with Crippen LogP contribution < -0.4 is 5.56 Å². The minimum absolute atomic E-state index is 0.198. The van der Waals surface area contributed by atoms with E-state index in [9.17, 15) is 28.4 Å². The van der Waals surface area contributed by atoms with Crippen molar-refractivity contribution in [2.75, 3.05) is 12.8 Å². The van der Waals surface area contributed by atoms with Gasteiger partial charge in [-0.3, -0.25) is 24.8 Å². The third-order valence-electron chi connectivity index (χ3n) is 4.17. The van der Waals surface area contributed by atoms with Crippen molar-refractivity contribution < 1.29 is 18.4 Å². The van der Waals surface area contributed by atoms with Gasteiger partial charge in [0, 0.05) is 43.9 Å². The maximum atomic E-state index is 12.2. The van der Waals surface area contributed by atoms with E-state index in [1.54, 1.807) is 6.07 Å². The zero-order chi connectivity index (χ0) is 19.1. The molecule has 1 aliphatic rings. The number of nitrogens with zero attached hydrogens (tertiary/aromatic N) is 3. The van der Waals surface area contributed by atoms with E-state index in [1.165, 1.54) is 12.1 Å². The molecule has 0 bridgehead atoms. The smallest absolute Gasteiger partial charge is 0.311 e. The van der Waals surface area contributed by atoms with Gasteiger partial charge in [-0.25, -0.2) is 13.4 Å². The van der Waals surface area contributed by atoms with Crippen molar-refractivity contribution in [2.24, 2.45) is 0 Å². The molecule has 0 fully saturated rings. The minimum Gasteiger partial charge on any atom is -0.502 e. The van der Waals surface area contributed by atoms with E-state index in [2.05, 4.69) is 9.97 Å². The number of sulfone groups is 1. The van der Waals surface area contributed by atoms with Gasteiger partial charge in [-0.15, -0.1) is 0 Å². The van der Waals surface area contributed by atoms with E-state index in [0.29, 0.717) is 29.8 Å². The third kappa shape index (κ3) is 3.44. The van der Waals surface area contributed by atoms with Gasteiger partial charge in [-0.05, 0) is 0 Å². The zero-order valence-electron chi connectivity index (χ0n) is 13.8. The van der Waals surface area contributed by atoms with Crippen LogP contribution in [0.1, 0.15) is 16.8 Å². The molecule has 1 aromatic carbocycles. The number of phenolic OH excluding ortho intramolecular Hbond substituents is 1. The van der Waals surface area contributed by atoms with Crippen LogP contribution in [0, 0.1) is 10.1 Å². The molecule has 0 atom stereocenters. The van der Waals surface area contributed by atoms with E-state index in [4.69, 9.17) is 0 Å². The van der Waals surface area contributed by atoms with E-state index >= 15 is 0 Å². The highest BCUT2D eigenvalue weighted by Crippen LogP contribution is 2.30. The van der Waals surface area contributed by atoms with Crippen molar-refractivity contribution >= 4 is 15.5 Å². The molecular weight excluding hydrogens is 364 g/mol. The molecule has 0 aliphatic carbocycles. The van der Waals surface area contributed by atoms with E-state index in [1.807, 2.05) is 4.90 Å². The maximum absolute atomic E-state index is 12.2. The lowest BCUT2D eigenvalue weighted by molar-refractivity contribution is -0.385. The first-order valence-electron chi connectivity index (χ1n) is 7.66. The van der Waals surface area contributed by atoms with Crippen LogP contribution in [0.25, 0.3) is 0 Å². The molecule has 0 unspecified atom stereocenters. The van der Waals surface area contributed by atoms with Crippen LogP contribution in [0.15, 0.2) is 28.2 Å². The Morgan fingerprint density at radius 1 is 1.42 bits per heavy atom. The van der Waals surface area contributed by atoms with Crippen LogP contribution in [0.5, 0.6) is 5.75 Å². The van der Waals surface area contributed by atoms with Crippen molar-refractivity contribution in [3.05, 3.63) is 55.5 Å². The lowest BCUT2D eigenvalue weighted by Crippen LogP contribution is -2.36. The van der Waals surface area contributed by atoms with Crippen molar-refractivity contribution in [3.8, 4) is 5.75 Å². The van der Waals surface area contributed by atoms with Gasteiger partial charge in [0.05, 0.1) is 16.2 Å². The van der Waals surface area contributed by atoms with Gasteiger partial charge in [-0.2, -0.15) is 0 Å². The monoisotopic (exact) mass is 380 g/mol. The summed E-state index contributed by atoms with van der Waals surface area (Å²) in [6, 6.07) is 4.27. The number of fused-ring (bicyclic) bond motifs is 1. The Labute approximate surface area is 148 Å². The second-order valence-corrected chi connectivity index (χ2v) is 8.00. The number of aromatic hydroxyl groups is 1. The summed E-state index contributed by atoms with van der Waals surface area (Å²) in [5.41, 5.74) is 0.252. The Morgan fingerprint density at radius 3 is 2.81 bits per heavy atom. The standard InChI is InChI=1S/C15H16N4O6S/c1-26(24,25)15-16-11-5-6-18(8-10(11)14(21)17-15)7-9-3-2-4-12(13(9)20)19(22)23/h2-4,20H,5-8H2,1H3,(H,16,17,21). The molecule has 0 amide bonds. The number of nitro benzene ring substituents is 1. The third-order valence-corrected chi connectivity index (χ3v) is 5.06. The summed E-state index contributed by atoms with van der Waals surface area (Å²) in [7, 11) is -3.62. The topological polar surface area (TPSA) is 146 Å². The highest BCUT2D eigenvalue weighted by atomic mass is 32.2. The number of hydrogen-bond acceptors (Lipinski definition) is 8. The van der Waals surface area contributed by atoms with Gasteiger partial charge in [0.1, 0.15) is 0 Å². The predicted octanol–water partition coefficient (Wildman–Crippen LogP) is 0.345. The molecule has 0 radical (unpaired) electrons. The van der Waals surface area contributed by atoms with E-state index in [0.717, 1.165) is 6.26 Å². The number of aromatic amines is 1. The average molecular weight is 380 g/mol. The fourth-order valence-corrected chi connectivity index (χ4v) is 3.42. The first-order chi connectivity index (χ1) is 12.2. The lowest BCUT2D eigenvalue weighted by atomic mass is 10.1. The van der Waals surface area contributed by atoms with E-state index < -0.39 is 26.1 Å². The molecule has 138 valence electrons. The van der Waals surface area contributed by atoms with Crippen molar-refractivity contribution in [1.82, 2.24) is 14.9 Å². The summed E-state index contributed by atoms with van der Waals surface area (Å²) in [6.45, 7) is 0.874. The fourth-order valence-electron chi connectivity index (χ4n) is 2.86. The summed E-state index contributed by atoms with van der Waals surface area (Å²) in [5.74, 6) is -0.400. The quantitative estimate of drug-likeness (QED) is 0.439. The molecule has 0 saturated carbocycles. The molecular formula is C15H16N4O6S. The molecule has 2 aromatic rings. The normalized spacial score (nSPS) is 14.8. The SMILES string of the molecule is CS(=O)(=O)c1nc2c(c(=O)[nH]1)CN(Cc1cccc([N+](=O)[O-])c1O)CC2. The van der Waals surface area contributed by atoms with Gasteiger partial charge in [0.2, 0.25) is 15.0 Å². The second kappa shape index (κ2) is 6.50. The number of benzene rings is 1. The van der Waals surface area contributed by atoms with Gasteiger partial charge < -0.3 is 5.11 Å². The first kappa shape index (κ1) is 18.0. The minimum atomic E-state index is -3.62. The van der Waals surface area contributed by atoms with Crippen molar-refractivity contribution in [3.63, 3.8) is 0 Å². The summed E-state index contributed by atoms with van der Waals surface area (Å²) in [4.78, 5) is 30.6. The van der Waals surface area contributed by atoms with Crippen LogP contribution in [0.4, 0.5) is 5.69 Å². The Hall–Kier alpha value is -2.79. The number of aromatic nitrogens is 2. The van der Waals surface area contributed by atoms with Gasteiger partial charge >= 0.3 is 5.69 Å². The lowest BCUT2D eigenvalue weighted by Gasteiger charge is -2.27. The van der Waals surface area contributed by atoms with Crippen LogP contribution in [0.3, 0.4) is 0 Å². The number of para-hydroxylation sites is 1. The number of hydrogen-bond donors (Lipinski definition) is 2. The zero-order valence-corrected chi connectivity index (χ0v) is 14.6. The van der Waals surface area contributed by atoms with Crippen LogP contribution in [-0.2, 0) is 29.3 Å². The van der Waals surface area contributed by atoms with Crippen LogP contribution in [0.2, 0.25) is 0 Å². The van der Waals surface area contributed by atoms with Crippen LogP contribution in [-0.4, -0.2) is 46.1 Å². The molecule has 10 nitrogen and oxygen atoms in total. The highest BCUT2D eigenvalue weighted by molar-refractivity contribution is 7.90. The highest BCUT2D eigenvalue weighted by Gasteiger charge is 2.25. The Bertz CT molecular complexity index is 1050. The Morgan fingerprint density at radius 2 is 2.15 bits per heavy atom. The maximum Gasteiger partial charge on any atom is 0.311 e. The number of H-pyrrole nitrogens is 1. The number of phenols is 1. The van der Waals surface area contributed by atoms with Crippen molar-refractivity contribution in [2.45, 2.75) is 24.7 Å². The van der Waals surface area contributed by atoms with Gasteiger partial charge in [0.15, 0.2) is 5.75 Å². The Balaban J connectivity index is 1.87. The molecule has 1 aromatic heterocycles. The average Bonchev–Trinajstić information content (AvgIpc) is 2.56. The second-order valence-electron chi connectivity index (χ2n) is 6.07. The van der Waals surface area contributed by atoms with Crippen molar-refractivity contribution in [1.29, 1.82) is 0 Å². The molecule has 11 heteroatoms. The van der Waals surface area contributed by atoms with E-state index in [-0.39, 0.29) is 23.9 Å². The number of rotatable bonds is 4. The number of nitro groups is 1. The fraction of sp³-hybridized carbons (Fsp3) is 0.333. The molecule has 0 saturated heterocycles.